The summed E-state index contributed by atoms with van der Waals surface area (Å²) in [5.74, 6) is -2.06. The molecule has 1 fully saturated rings. The molecule has 0 N–H and O–H groups in total. The van der Waals surface area contributed by atoms with Crippen molar-refractivity contribution in [3.05, 3.63) is 0 Å². The molecule has 0 bridgehead atoms. The maximum absolute atomic E-state index is 12.6. The highest BCUT2D eigenvalue weighted by Gasteiger charge is 2.34. The molecule has 0 spiro atoms. The van der Waals surface area contributed by atoms with Gasteiger partial charge in [0.2, 0.25) is 5.92 Å². The zero-order chi connectivity index (χ0) is 9.03. The van der Waals surface area contributed by atoms with Crippen LogP contribution in [0.15, 0.2) is 0 Å². The highest BCUT2D eigenvalue weighted by atomic mass is 19.3. The Morgan fingerprint density at radius 1 is 1.33 bits per heavy atom. The predicted octanol–water partition coefficient (Wildman–Crippen LogP) is 3.12. The largest absolute Gasteiger partial charge is 0.248 e. The number of nitrogens with zero attached hydrogens (tertiary/aromatic N) is 1. The number of rotatable bonds is 2. The highest BCUT2D eigenvalue weighted by Crippen LogP contribution is 2.37. The molecule has 0 atom stereocenters. The van der Waals surface area contributed by atoms with Crippen LogP contribution in [-0.2, 0) is 0 Å². The molecule has 1 nitrogen and oxygen atoms in total. The van der Waals surface area contributed by atoms with Crippen molar-refractivity contribution in [2.45, 2.75) is 44.4 Å². The Morgan fingerprint density at radius 2 is 1.92 bits per heavy atom. The molecule has 1 saturated carbocycles. The second-order valence-corrected chi connectivity index (χ2v) is 3.50. The van der Waals surface area contributed by atoms with Gasteiger partial charge in [-0.15, -0.1) is 0 Å². The fourth-order valence-corrected chi connectivity index (χ4v) is 1.66. The average Bonchev–Trinajstić information content (AvgIpc) is 2.03. The summed E-state index contributed by atoms with van der Waals surface area (Å²) in [6.07, 6.45) is 2.53. The zero-order valence-electron chi connectivity index (χ0n) is 7.02. The molecule has 0 unspecified atom stereocenters. The van der Waals surface area contributed by atoms with Crippen LogP contribution in [0.2, 0.25) is 0 Å². The fourth-order valence-electron chi connectivity index (χ4n) is 1.66. The highest BCUT2D eigenvalue weighted by molar-refractivity contribution is 4.80. The van der Waals surface area contributed by atoms with Crippen molar-refractivity contribution in [2.75, 3.05) is 0 Å². The van der Waals surface area contributed by atoms with Gasteiger partial charge in [0, 0.05) is 19.3 Å². The summed E-state index contributed by atoms with van der Waals surface area (Å²) < 4.78 is 25.3. The molecule has 12 heavy (non-hydrogen) atoms. The first-order chi connectivity index (χ1) is 5.64. The zero-order valence-corrected chi connectivity index (χ0v) is 7.02. The van der Waals surface area contributed by atoms with Gasteiger partial charge >= 0.3 is 0 Å². The third-order valence-corrected chi connectivity index (χ3v) is 2.50. The summed E-state index contributed by atoms with van der Waals surface area (Å²) in [7, 11) is 0. The van der Waals surface area contributed by atoms with Gasteiger partial charge in [-0.2, -0.15) is 5.26 Å². The Labute approximate surface area is 71.4 Å². The van der Waals surface area contributed by atoms with Gasteiger partial charge in [-0.25, -0.2) is 8.78 Å². The molecule has 0 amide bonds. The molecule has 0 radical (unpaired) electrons. The minimum atomic E-state index is -2.43. The molecule has 0 aromatic carbocycles. The summed E-state index contributed by atoms with van der Waals surface area (Å²) in [6, 6.07) is 2.05. The quantitative estimate of drug-likeness (QED) is 0.629. The summed E-state index contributed by atoms with van der Waals surface area (Å²) >= 11 is 0. The van der Waals surface area contributed by atoms with Crippen LogP contribution in [0.25, 0.3) is 0 Å². The molecule has 0 heterocycles. The van der Waals surface area contributed by atoms with Crippen LogP contribution in [0.1, 0.15) is 38.5 Å². The van der Waals surface area contributed by atoms with Gasteiger partial charge < -0.3 is 0 Å². The van der Waals surface area contributed by atoms with E-state index in [1.54, 1.807) is 0 Å². The molecule has 0 aliphatic heterocycles. The Morgan fingerprint density at radius 3 is 2.42 bits per heavy atom. The number of hydrogen-bond acceptors (Lipinski definition) is 1. The monoisotopic (exact) mass is 173 g/mol. The van der Waals surface area contributed by atoms with Gasteiger partial charge in [-0.1, -0.05) is 0 Å². The number of halogens is 2. The van der Waals surface area contributed by atoms with Gasteiger partial charge in [0.15, 0.2) is 0 Å². The fraction of sp³-hybridized carbons (Fsp3) is 0.889. The van der Waals surface area contributed by atoms with Crippen molar-refractivity contribution in [1.82, 2.24) is 0 Å². The van der Waals surface area contributed by atoms with E-state index in [0.717, 1.165) is 6.42 Å². The lowest BCUT2D eigenvalue weighted by molar-refractivity contribution is -0.0463. The van der Waals surface area contributed by atoms with Crippen LogP contribution in [0.4, 0.5) is 8.78 Å². The van der Waals surface area contributed by atoms with Crippen LogP contribution >= 0.6 is 0 Å². The first-order valence-electron chi connectivity index (χ1n) is 4.39. The molecule has 0 saturated heterocycles. The topological polar surface area (TPSA) is 23.8 Å². The lowest BCUT2D eigenvalue weighted by Crippen LogP contribution is -2.24. The van der Waals surface area contributed by atoms with Crippen LogP contribution in [0.3, 0.4) is 0 Å². The van der Waals surface area contributed by atoms with E-state index in [1.165, 1.54) is 0 Å². The maximum atomic E-state index is 12.6. The summed E-state index contributed by atoms with van der Waals surface area (Å²) in [5.41, 5.74) is 0. The van der Waals surface area contributed by atoms with Crippen molar-refractivity contribution in [3.63, 3.8) is 0 Å². The Bertz CT molecular complexity index is 173. The van der Waals surface area contributed by atoms with E-state index in [2.05, 4.69) is 0 Å². The third-order valence-electron chi connectivity index (χ3n) is 2.50. The number of hydrogen-bond donors (Lipinski definition) is 0. The van der Waals surface area contributed by atoms with E-state index in [9.17, 15) is 8.78 Å². The smallest absolute Gasteiger partial charge is 0.207 e. The predicted molar refractivity (Wildman–Crippen MR) is 41.8 cm³/mol. The standard InChI is InChI=1S/C9H13F2N/c10-9(11)5-3-8(4-6-9)2-1-7-12/h8H,1-6H2. The molecule has 0 aromatic rings. The first-order valence-corrected chi connectivity index (χ1v) is 4.39. The van der Waals surface area contributed by atoms with Gasteiger partial charge in [0.05, 0.1) is 6.07 Å². The van der Waals surface area contributed by atoms with Crippen molar-refractivity contribution in [1.29, 1.82) is 5.26 Å². The Balaban J connectivity index is 2.23. The normalized spacial score (nSPS) is 23.4. The molecule has 3 heteroatoms. The van der Waals surface area contributed by atoms with Gasteiger partial charge in [-0.3, -0.25) is 0 Å². The van der Waals surface area contributed by atoms with Crippen molar-refractivity contribution < 1.29 is 8.78 Å². The van der Waals surface area contributed by atoms with Crippen molar-refractivity contribution in [2.24, 2.45) is 5.92 Å². The van der Waals surface area contributed by atoms with E-state index in [0.29, 0.717) is 25.2 Å². The molecule has 0 aromatic heterocycles. The van der Waals surface area contributed by atoms with Gasteiger partial charge in [0.1, 0.15) is 0 Å². The third kappa shape index (κ3) is 2.77. The minimum absolute atomic E-state index is 0.0170. The number of nitriles is 1. The lowest BCUT2D eigenvalue weighted by atomic mass is 9.84. The molecule has 1 aliphatic rings. The van der Waals surface area contributed by atoms with Gasteiger partial charge in [0.25, 0.3) is 0 Å². The van der Waals surface area contributed by atoms with E-state index < -0.39 is 5.92 Å². The number of alkyl halides is 2. The van der Waals surface area contributed by atoms with Crippen LogP contribution in [-0.4, -0.2) is 5.92 Å². The molecule has 1 aliphatic carbocycles. The Hall–Kier alpha value is -0.650. The van der Waals surface area contributed by atoms with Crippen LogP contribution in [0.5, 0.6) is 0 Å². The average molecular weight is 173 g/mol. The summed E-state index contributed by atoms with van der Waals surface area (Å²) in [5, 5.41) is 8.30. The SMILES string of the molecule is N#CCCC1CCC(F)(F)CC1. The Kier molecular flexibility index (Phi) is 3.02. The second kappa shape index (κ2) is 3.84. The maximum Gasteiger partial charge on any atom is 0.248 e. The lowest BCUT2D eigenvalue weighted by Gasteiger charge is -2.27. The second-order valence-electron chi connectivity index (χ2n) is 3.50. The van der Waals surface area contributed by atoms with E-state index in [-0.39, 0.29) is 12.8 Å². The molecular weight excluding hydrogens is 160 g/mol. The van der Waals surface area contributed by atoms with Gasteiger partial charge in [-0.05, 0) is 25.2 Å². The van der Waals surface area contributed by atoms with Crippen molar-refractivity contribution in [3.8, 4) is 6.07 Å². The van der Waals surface area contributed by atoms with E-state index >= 15 is 0 Å². The van der Waals surface area contributed by atoms with Crippen LogP contribution in [0, 0.1) is 17.2 Å². The molecular formula is C9H13F2N. The van der Waals surface area contributed by atoms with Crippen molar-refractivity contribution >= 4 is 0 Å². The van der Waals surface area contributed by atoms with E-state index in [1.807, 2.05) is 6.07 Å². The summed E-state index contributed by atoms with van der Waals surface area (Å²) in [6.45, 7) is 0. The summed E-state index contributed by atoms with van der Waals surface area (Å²) in [4.78, 5) is 0. The van der Waals surface area contributed by atoms with E-state index in [4.69, 9.17) is 5.26 Å². The first kappa shape index (κ1) is 9.44. The molecule has 68 valence electrons. The molecule has 1 rings (SSSR count). The minimum Gasteiger partial charge on any atom is -0.207 e. The van der Waals surface area contributed by atoms with Crippen LogP contribution < -0.4 is 0 Å².